The number of epoxide rings is 1. The molecule has 0 aromatic carbocycles. The van der Waals surface area contributed by atoms with Crippen LogP contribution >= 0.6 is 0 Å². The van der Waals surface area contributed by atoms with Crippen LogP contribution in [-0.2, 0) is 27.9 Å². The zero-order valence-electron chi connectivity index (χ0n) is 44.7. The van der Waals surface area contributed by atoms with Crippen LogP contribution < -0.4 is 0 Å². The van der Waals surface area contributed by atoms with Crippen molar-refractivity contribution in [3.63, 3.8) is 0 Å². The number of piperazine rings is 1. The van der Waals surface area contributed by atoms with Gasteiger partial charge in [0.25, 0.3) is 0 Å². The van der Waals surface area contributed by atoms with E-state index in [1.807, 2.05) is 6.92 Å². The van der Waals surface area contributed by atoms with E-state index in [1.54, 1.807) is 30.9 Å². The number of amides is 1. The molecule has 0 radical (unpaired) electrons. The molecule has 12 atom stereocenters. The Morgan fingerprint density at radius 3 is 2.07 bits per heavy atom. The number of hydrogen-bond acceptors (Lipinski definition) is 12. The standard InChI is InChI=1S/C52H96N2O11Si2/c1-17-41(65-67(15,16)50(8,9)10)37(4)46-42(61-46)34-52(12,60)47(57)40(55)32-36(3)45-35(2)24-25-43(62-48(58)54-30-28-53(29-31-54)38-22-20-18-19-21-23-38)51(11,59)27-26-39(33-44(56)63-45)64-66(13,14)49(5,6)7/h24-25,32,35,37-43,45-47,55,57,59-60H,17-23,26-31,33-34H2,1-16H3/b25-24+,36-32+/t35-,37?,39+,40?,41?,42+,43-,45-,46+,47?,51+,52?/m0/s1. The van der Waals surface area contributed by atoms with Gasteiger partial charge in [-0.3, -0.25) is 9.69 Å². The molecule has 0 spiro atoms. The van der Waals surface area contributed by atoms with Crippen molar-refractivity contribution in [2.75, 3.05) is 26.2 Å². The first-order chi connectivity index (χ1) is 30.8. The molecule has 388 valence electrons. The summed E-state index contributed by atoms with van der Waals surface area (Å²) < 4.78 is 32.2. The first kappa shape index (κ1) is 57.9. The quantitative estimate of drug-likeness (QED) is 0.0404. The molecule has 1 saturated carbocycles. The number of carbonyl (C=O) groups is 2. The van der Waals surface area contributed by atoms with E-state index in [1.165, 1.54) is 51.5 Å². The summed E-state index contributed by atoms with van der Waals surface area (Å²) in [5.74, 6) is -0.949. The number of ether oxygens (including phenoxy) is 3. The minimum atomic E-state index is -2.40. The molecule has 4 aliphatic rings. The summed E-state index contributed by atoms with van der Waals surface area (Å²) in [7, 11) is -4.44. The molecule has 0 bridgehead atoms. The van der Waals surface area contributed by atoms with Crippen LogP contribution in [0.2, 0.25) is 36.3 Å². The fourth-order valence-electron chi connectivity index (χ4n) is 9.67. The Morgan fingerprint density at radius 2 is 1.52 bits per heavy atom. The SMILES string of the molecule is CCC(O[Si](C)(C)C(C)(C)C)C(C)[C@H]1O[C@@H]1CC(C)(O)C(O)C(O)/C=C(\C)[C@H]1OC(=O)C[C@H](O[Si](C)(C)C(C)(C)C)CC[C@@](C)(O)[C@@H](OC(=O)N2CCN(C3CCCCCC3)CC2)/C=C/[C@@H]1C. The number of aliphatic hydroxyl groups is 4. The summed E-state index contributed by atoms with van der Waals surface area (Å²) in [6.45, 7) is 35.5. The maximum atomic E-state index is 13.9. The first-order valence-corrected chi connectivity index (χ1v) is 31.7. The average molecular weight is 982 g/mol. The van der Waals surface area contributed by atoms with E-state index in [-0.39, 0.29) is 53.6 Å². The second-order valence-corrected chi connectivity index (χ2v) is 34.0. The number of nitrogens with zero attached hydrogens (tertiary/aromatic N) is 2. The maximum absolute atomic E-state index is 13.9. The maximum Gasteiger partial charge on any atom is 0.410 e. The smallest absolute Gasteiger partial charge is 0.410 e. The van der Waals surface area contributed by atoms with Crippen molar-refractivity contribution < 1.29 is 53.1 Å². The number of esters is 1. The Labute approximate surface area is 408 Å². The Bertz CT molecular complexity index is 1660. The van der Waals surface area contributed by atoms with Gasteiger partial charge in [0.15, 0.2) is 22.7 Å². The Hall–Kier alpha value is -1.67. The van der Waals surface area contributed by atoms with Crippen LogP contribution in [0.1, 0.15) is 154 Å². The van der Waals surface area contributed by atoms with E-state index in [0.29, 0.717) is 31.1 Å². The summed E-state index contributed by atoms with van der Waals surface area (Å²) in [5.41, 5.74) is -2.76. The normalized spacial score (nSPS) is 31.8. The molecule has 3 fully saturated rings. The third-order valence-corrected chi connectivity index (χ3v) is 25.6. The molecule has 4 rings (SSSR count). The number of cyclic esters (lactones) is 1. The summed E-state index contributed by atoms with van der Waals surface area (Å²) in [6, 6.07) is 0.557. The third kappa shape index (κ3) is 15.9. The van der Waals surface area contributed by atoms with Crippen molar-refractivity contribution in [2.24, 2.45) is 11.8 Å². The molecule has 3 aliphatic heterocycles. The summed E-state index contributed by atoms with van der Waals surface area (Å²) in [5, 5.41) is 46.8. The van der Waals surface area contributed by atoms with Gasteiger partial charge in [-0.2, -0.15) is 0 Å². The van der Waals surface area contributed by atoms with Crippen LogP contribution in [0.15, 0.2) is 23.8 Å². The molecule has 3 heterocycles. The average Bonchev–Trinajstić information content (AvgIpc) is 4.03. The molecule has 0 aromatic heterocycles. The van der Waals surface area contributed by atoms with Gasteiger partial charge in [-0.05, 0) is 101 Å². The van der Waals surface area contributed by atoms with Crippen molar-refractivity contribution in [1.82, 2.24) is 9.80 Å². The van der Waals surface area contributed by atoms with Gasteiger partial charge in [0.2, 0.25) is 0 Å². The van der Waals surface area contributed by atoms with Gasteiger partial charge < -0.3 is 48.4 Å². The van der Waals surface area contributed by atoms with E-state index >= 15 is 0 Å². The van der Waals surface area contributed by atoms with Crippen molar-refractivity contribution >= 4 is 28.7 Å². The van der Waals surface area contributed by atoms with Crippen molar-refractivity contribution in [3.05, 3.63) is 23.8 Å². The van der Waals surface area contributed by atoms with Crippen molar-refractivity contribution in [3.8, 4) is 0 Å². The van der Waals surface area contributed by atoms with Crippen molar-refractivity contribution in [1.29, 1.82) is 0 Å². The third-order valence-electron chi connectivity index (χ3n) is 16.6. The molecule has 4 N–H and O–H groups in total. The molecular formula is C52H96N2O11Si2. The highest BCUT2D eigenvalue weighted by molar-refractivity contribution is 6.74. The van der Waals surface area contributed by atoms with E-state index in [9.17, 15) is 30.0 Å². The van der Waals surface area contributed by atoms with Gasteiger partial charge >= 0.3 is 12.1 Å². The van der Waals surface area contributed by atoms with E-state index in [0.717, 1.165) is 19.5 Å². The highest BCUT2D eigenvalue weighted by Crippen LogP contribution is 2.44. The van der Waals surface area contributed by atoms with Gasteiger partial charge in [0, 0.05) is 56.6 Å². The van der Waals surface area contributed by atoms with E-state index in [4.69, 9.17) is 23.1 Å². The molecular weight excluding hydrogens is 885 g/mol. The van der Waals surface area contributed by atoms with Crippen LogP contribution in [0.5, 0.6) is 0 Å². The minimum absolute atomic E-state index is 0.00875. The predicted octanol–water partition coefficient (Wildman–Crippen LogP) is 9.27. The van der Waals surface area contributed by atoms with Gasteiger partial charge in [0.1, 0.15) is 23.9 Å². The number of hydrogen-bond donors (Lipinski definition) is 4. The number of aliphatic hydroxyl groups excluding tert-OH is 2. The minimum Gasteiger partial charge on any atom is -0.457 e. The highest BCUT2D eigenvalue weighted by atomic mass is 28.4. The number of rotatable bonds is 15. The Balaban J connectivity index is 1.54. The molecule has 67 heavy (non-hydrogen) atoms. The lowest BCUT2D eigenvalue weighted by Crippen LogP contribution is -2.53. The van der Waals surface area contributed by atoms with Gasteiger partial charge in [-0.15, -0.1) is 0 Å². The fraction of sp³-hybridized carbons (Fsp3) is 0.885. The summed E-state index contributed by atoms with van der Waals surface area (Å²) in [4.78, 5) is 32.1. The summed E-state index contributed by atoms with van der Waals surface area (Å²) >= 11 is 0. The second-order valence-electron chi connectivity index (χ2n) is 24.5. The fourth-order valence-corrected chi connectivity index (χ4v) is 12.6. The molecule has 13 nitrogen and oxygen atoms in total. The van der Waals surface area contributed by atoms with Gasteiger partial charge in [0.05, 0.1) is 30.3 Å². The first-order valence-electron chi connectivity index (χ1n) is 25.9. The molecule has 1 amide bonds. The van der Waals surface area contributed by atoms with E-state index < -0.39 is 76.3 Å². The van der Waals surface area contributed by atoms with Crippen LogP contribution in [0.3, 0.4) is 0 Å². The van der Waals surface area contributed by atoms with Crippen LogP contribution in [0.25, 0.3) is 0 Å². The van der Waals surface area contributed by atoms with Crippen LogP contribution in [0.4, 0.5) is 4.79 Å². The van der Waals surface area contributed by atoms with Crippen molar-refractivity contribution in [2.45, 2.75) is 256 Å². The monoisotopic (exact) mass is 981 g/mol. The lowest BCUT2D eigenvalue weighted by molar-refractivity contribution is -0.151. The molecule has 0 aromatic rings. The molecule has 15 heteroatoms. The largest absolute Gasteiger partial charge is 0.457 e. The molecule has 2 saturated heterocycles. The zero-order valence-corrected chi connectivity index (χ0v) is 46.7. The topological polar surface area (TPSA) is 171 Å². The highest BCUT2D eigenvalue weighted by Gasteiger charge is 2.52. The second kappa shape index (κ2) is 23.3. The van der Waals surface area contributed by atoms with Crippen LogP contribution in [0, 0.1) is 11.8 Å². The predicted molar refractivity (Wildman–Crippen MR) is 271 cm³/mol. The lowest BCUT2D eigenvalue weighted by Gasteiger charge is -2.41. The Morgan fingerprint density at radius 1 is 0.940 bits per heavy atom. The summed E-state index contributed by atoms with van der Waals surface area (Å²) in [6.07, 6.45) is 7.19. The molecule has 5 unspecified atom stereocenters. The number of carbonyl (C=O) groups excluding carboxylic acids is 2. The van der Waals surface area contributed by atoms with Crippen LogP contribution in [-0.4, -0.2) is 151 Å². The van der Waals surface area contributed by atoms with Gasteiger partial charge in [-0.1, -0.05) is 100 Å². The lowest BCUT2D eigenvalue weighted by atomic mass is 9.85. The van der Waals surface area contributed by atoms with Gasteiger partial charge in [-0.25, -0.2) is 4.79 Å². The Kier molecular flexibility index (Phi) is 20.1. The molecule has 1 aliphatic carbocycles. The van der Waals surface area contributed by atoms with E-state index in [2.05, 4.69) is 86.5 Å². The zero-order chi connectivity index (χ0) is 50.5.